The van der Waals surface area contributed by atoms with E-state index >= 15 is 0 Å². The minimum absolute atomic E-state index is 0.0281. The van der Waals surface area contributed by atoms with Crippen molar-refractivity contribution in [2.45, 2.75) is 141 Å². The van der Waals surface area contributed by atoms with E-state index in [4.69, 9.17) is 0 Å². The molecular weight excluding hydrogens is 1010 g/mol. The molecule has 3 aromatic rings. The molecule has 16 nitrogen and oxygen atoms in total. The van der Waals surface area contributed by atoms with Crippen molar-refractivity contribution < 1.29 is 49.2 Å². The van der Waals surface area contributed by atoms with E-state index in [9.17, 15) is 49.2 Å². The molecule has 2 fully saturated rings. The molecule has 2 aliphatic heterocycles. The lowest BCUT2D eigenvalue weighted by atomic mass is 9.85. The van der Waals surface area contributed by atoms with E-state index in [1.165, 1.54) is 14.9 Å². The lowest BCUT2D eigenvalue weighted by Crippen LogP contribution is -2.59. The number of nitrogens with zero attached hydrogens (tertiary/aromatic N) is 4. The molecule has 4 amide bonds. The summed E-state index contributed by atoms with van der Waals surface area (Å²) in [7, 11) is -4.29. The minimum atomic E-state index is -4.59. The number of benzene rings is 3. The second-order valence-corrected chi connectivity index (χ2v) is 25.7. The van der Waals surface area contributed by atoms with Gasteiger partial charge in [-0.15, -0.1) is 0 Å². The molecule has 5 rings (SSSR count). The van der Waals surface area contributed by atoms with Crippen molar-refractivity contribution >= 4 is 43.7 Å². The number of hydrogen-bond donors (Lipinski definition) is 4. The summed E-state index contributed by atoms with van der Waals surface area (Å²) in [5.74, 6) is -1.01. The molecule has 2 saturated heterocycles. The number of hydrogen-bond acceptors (Lipinski definition) is 10. The molecule has 0 saturated carbocycles. The van der Waals surface area contributed by atoms with Gasteiger partial charge in [0, 0.05) is 51.4 Å². The third kappa shape index (κ3) is 18.1. The first-order valence-corrected chi connectivity index (χ1v) is 29.0. The summed E-state index contributed by atoms with van der Waals surface area (Å²) in [6, 6.07) is 19.4. The SMILES string of the molecule is CN[C@@H](C)C(=O)N[C@H](C(=O)N1CCC[C@H]1CN(CCc1ccccc1)S(=O)(=O)c1ccc(C(F)(F)F)cc1)C(C)(C)C.CN[C@@H](C)C(=O)N[C@H](C(=O)N1CCC[C@H]1CN(CCc1ccccc1)S(C)(=O)=O)C(C)(C)C. The first-order chi connectivity index (χ1) is 34.9. The van der Waals surface area contributed by atoms with Crippen LogP contribution in [0, 0.1) is 10.8 Å². The Bertz CT molecular complexity index is 2560. The van der Waals surface area contributed by atoms with Gasteiger partial charge in [-0.05, 0) is 113 Å². The number of carbonyl (C=O) groups excluding carboxylic acids is 4. The molecule has 2 aliphatic rings. The molecule has 0 spiro atoms. The van der Waals surface area contributed by atoms with Crippen LogP contribution in [0.4, 0.5) is 13.2 Å². The van der Waals surface area contributed by atoms with E-state index in [-0.39, 0.29) is 54.2 Å². The zero-order valence-corrected chi connectivity index (χ0v) is 47.2. The highest BCUT2D eigenvalue weighted by Gasteiger charge is 2.43. The van der Waals surface area contributed by atoms with Gasteiger partial charge in [0.2, 0.25) is 43.7 Å². The summed E-state index contributed by atoms with van der Waals surface area (Å²) in [5.41, 5.74) is -0.0740. The van der Waals surface area contributed by atoms with Gasteiger partial charge in [0.05, 0.1) is 28.8 Å². The molecule has 0 aliphatic carbocycles. The Kier molecular flexibility index (Phi) is 22.5. The monoisotopic (exact) mass is 1090 g/mol. The number of amides is 4. The van der Waals surface area contributed by atoms with Gasteiger partial charge in [-0.2, -0.15) is 21.8 Å². The van der Waals surface area contributed by atoms with Gasteiger partial charge in [0.15, 0.2) is 0 Å². The molecule has 0 radical (unpaired) electrons. The summed E-state index contributed by atoms with van der Waals surface area (Å²) in [5, 5.41) is 11.5. The van der Waals surface area contributed by atoms with Crippen LogP contribution in [0.15, 0.2) is 89.8 Å². The van der Waals surface area contributed by atoms with Crippen molar-refractivity contribution in [3.8, 4) is 0 Å². The average molecular weight is 1090 g/mol. The molecule has 21 heteroatoms. The fourth-order valence-corrected chi connectivity index (χ4v) is 11.3. The molecule has 418 valence electrons. The molecular formula is C54H81F3N8O8S2. The maximum atomic E-state index is 13.9. The number of carbonyl (C=O) groups is 4. The topological polar surface area (TPSA) is 198 Å². The van der Waals surface area contributed by atoms with Gasteiger partial charge in [-0.3, -0.25) is 19.2 Å². The first-order valence-electron chi connectivity index (χ1n) is 25.7. The highest BCUT2D eigenvalue weighted by molar-refractivity contribution is 7.89. The fraction of sp³-hybridized carbons (Fsp3) is 0.593. The predicted octanol–water partition coefficient (Wildman–Crippen LogP) is 5.69. The number of nitrogens with one attached hydrogen (secondary N) is 4. The van der Waals surface area contributed by atoms with Gasteiger partial charge in [-0.1, -0.05) is 102 Å². The number of sulfonamides is 2. The Balaban J connectivity index is 0.000000334. The lowest BCUT2D eigenvalue weighted by Gasteiger charge is -2.37. The summed E-state index contributed by atoms with van der Waals surface area (Å²) in [6.07, 6.45) is 0.363. The van der Waals surface area contributed by atoms with E-state index in [0.717, 1.165) is 48.2 Å². The number of likely N-dealkylation sites (N-methyl/N-ethyl adjacent to an activating group) is 2. The average Bonchev–Trinajstić information content (AvgIpc) is 4.03. The summed E-state index contributed by atoms with van der Waals surface area (Å²) >= 11 is 0. The second kappa shape index (κ2) is 26.9. The molecule has 0 unspecified atom stereocenters. The van der Waals surface area contributed by atoms with Gasteiger partial charge < -0.3 is 31.1 Å². The van der Waals surface area contributed by atoms with E-state index in [2.05, 4.69) is 21.3 Å². The van der Waals surface area contributed by atoms with E-state index in [1.807, 2.05) is 102 Å². The molecule has 4 N–H and O–H groups in total. The standard InChI is InChI=1S/C30H41F3N4O4S.C24H40N4O4S/c1-21(34-5)27(38)35-26(29(2,3)4)28(39)37-18-9-12-24(37)20-36(19-17-22-10-7-6-8-11-22)42(40,41)25-15-13-23(14-16-25)30(31,32)33;1-18(25-5)22(29)26-21(24(2,3)4)23(30)28-15-10-13-20(28)17-27(33(6,31)32)16-14-19-11-8-7-9-12-19/h6-8,10-11,13-16,21,24,26,34H,9,12,17-20H2,1-5H3,(H,35,38);7-9,11-12,18,20-21,25H,10,13-17H2,1-6H3,(H,26,29)/t21-,24-,26+;18-,20-,21+/m00/s1. The Morgan fingerprint density at radius 1 is 0.613 bits per heavy atom. The van der Waals surface area contributed by atoms with E-state index < -0.39 is 72.8 Å². The molecule has 0 aromatic heterocycles. The highest BCUT2D eigenvalue weighted by Crippen LogP contribution is 2.32. The van der Waals surface area contributed by atoms with Crippen LogP contribution in [0.1, 0.15) is 97.8 Å². The van der Waals surface area contributed by atoms with Crippen LogP contribution in [-0.2, 0) is 58.2 Å². The van der Waals surface area contributed by atoms with Crippen molar-refractivity contribution in [2.24, 2.45) is 10.8 Å². The predicted molar refractivity (Wildman–Crippen MR) is 286 cm³/mol. The molecule has 3 aromatic carbocycles. The quantitative estimate of drug-likeness (QED) is 0.103. The van der Waals surface area contributed by atoms with Crippen molar-refractivity contribution in [3.63, 3.8) is 0 Å². The zero-order chi connectivity index (χ0) is 56.1. The molecule has 6 atom stereocenters. The van der Waals surface area contributed by atoms with Crippen LogP contribution < -0.4 is 21.3 Å². The van der Waals surface area contributed by atoms with Crippen LogP contribution in [0.3, 0.4) is 0 Å². The third-order valence-electron chi connectivity index (χ3n) is 13.9. The Morgan fingerprint density at radius 3 is 1.33 bits per heavy atom. The van der Waals surface area contributed by atoms with Crippen molar-refractivity contribution in [3.05, 3.63) is 102 Å². The summed E-state index contributed by atoms with van der Waals surface area (Å²) < 4.78 is 94.8. The smallest absolute Gasteiger partial charge is 0.342 e. The number of likely N-dealkylation sites (tertiary alicyclic amines) is 2. The molecule has 0 bridgehead atoms. The third-order valence-corrected chi connectivity index (χ3v) is 17.0. The minimum Gasteiger partial charge on any atom is -0.342 e. The Labute approximate surface area is 444 Å². The Hall–Kier alpha value is -4.93. The zero-order valence-electron chi connectivity index (χ0n) is 45.5. The van der Waals surface area contributed by atoms with Gasteiger partial charge in [0.25, 0.3) is 0 Å². The van der Waals surface area contributed by atoms with Crippen LogP contribution in [0.2, 0.25) is 0 Å². The number of halogens is 3. The maximum absolute atomic E-state index is 13.9. The van der Waals surface area contributed by atoms with Gasteiger partial charge >= 0.3 is 6.18 Å². The second-order valence-electron chi connectivity index (χ2n) is 21.8. The van der Waals surface area contributed by atoms with Crippen LogP contribution in [0.5, 0.6) is 0 Å². The normalized spacial score (nSPS) is 18.2. The summed E-state index contributed by atoms with van der Waals surface area (Å²) in [4.78, 5) is 55.8. The highest BCUT2D eigenvalue weighted by atomic mass is 32.2. The lowest BCUT2D eigenvalue weighted by molar-refractivity contribution is -0.140. The van der Waals surface area contributed by atoms with Crippen LogP contribution in [-0.4, -0.2) is 155 Å². The largest absolute Gasteiger partial charge is 0.416 e. The molecule has 75 heavy (non-hydrogen) atoms. The van der Waals surface area contributed by atoms with Gasteiger partial charge in [-0.25, -0.2) is 16.8 Å². The van der Waals surface area contributed by atoms with Crippen molar-refractivity contribution in [1.29, 1.82) is 0 Å². The van der Waals surface area contributed by atoms with Gasteiger partial charge in [0.1, 0.15) is 12.1 Å². The van der Waals surface area contributed by atoms with E-state index in [1.54, 1.807) is 37.7 Å². The van der Waals surface area contributed by atoms with Crippen LogP contribution >= 0.6 is 0 Å². The van der Waals surface area contributed by atoms with Crippen molar-refractivity contribution in [1.82, 2.24) is 39.7 Å². The van der Waals surface area contributed by atoms with Crippen LogP contribution in [0.25, 0.3) is 0 Å². The fourth-order valence-electron chi connectivity index (χ4n) is 8.99. The number of alkyl halides is 3. The Morgan fingerprint density at radius 2 is 0.987 bits per heavy atom. The van der Waals surface area contributed by atoms with Crippen molar-refractivity contribution in [2.75, 3.05) is 59.6 Å². The summed E-state index contributed by atoms with van der Waals surface area (Å²) in [6.45, 7) is 16.4. The number of rotatable bonds is 21. The molecule has 2 heterocycles. The maximum Gasteiger partial charge on any atom is 0.416 e. The van der Waals surface area contributed by atoms with E-state index in [0.29, 0.717) is 45.3 Å². The first kappa shape index (κ1) is 62.6.